The molecule has 2 aromatic rings. The van der Waals surface area contributed by atoms with Crippen molar-refractivity contribution in [3.63, 3.8) is 0 Å². The lowest BCUT2D eigenvalue weighted by atomic mass is 10.1. The van der Waals surface area contributed by atoms with Crippen molar-refractivity contribution in [2.45, 2.75) is 25.9 Å². The van der Waals surface area contributed by atoms with E-state index in [1.807, 2.05) is 30.3 Å². The smallest absolute Gasteiger partial charge is 0.306 e. The second kappa shape index (κ2) is 8.49. The highest BCUT2D eigenvalue weighted by molar-refractivity contribution is 6.21. The van der Waals surface area contributed by atoms with E-state index in [9.17, 15) is 14.4 Å². The first-order valence-electron chi connectivity index (χ1n) is 8.89. The molecule has 2 amide bonds. The van der Waals surface area contributed by atoms with Crippen molar-refractivity contribution in [2.24, 2.45) is 0 Å². The molecule has 0 N–H and O–H groups in total. The molecule has 1 aliphatic heterocycles. The van der Waals surface area contributed by atoms with Crippen molar-refractivity contribution in [1.29, 1.82) is 0 Å². The van der Waals surface area contributed by atoms with Gasteiger partial charge in [-0.2, -0.15) is 0 Å². The summed E-state index contributed by atoms with van der Waals surface area (Å²) in [6.45, 7) is 2.20. The number of benzene rings is 2. The molecule has 0 radical (unpaired) electrons. The Labute approximate surface area is 157 Å². The summed E-state index contributed by atoms with van der Waals surface area (Å²) in [6.07, 6.45) is 0.0941. The van der Waals surface area contributed by atoms with Gasteiger partial charge in [0.2, 0.25) is 0 Å². The van der Waals surface area contributed by atoms with E-state index >= 15 is 0 Å². The van der Waals surface area contributed by atoms with Crippen LogP contribution >= 0.6 is 0 Å². The number of imide groups is 1. The average Bonchev–Trinajstić information content (AvgIpc) is 2.92. The molecule has 0 spiro atoms. The molecule has 140 valence electrons. The Hall–Kier alpha value is -3.15. The van der Waals surface area contributed by atoms with Crippen LogP contribution in [0, 0.1) is 0 Å². The van der Waals surface area contributed by atoms with Gasteiger partial charge >= 0.3 is 5.97 Å². The molecule has 1 heterocycles. The molecule has 1 aliphatic rings. The Balaban J connectivity index is 1.40. The van der Waals surface area contributed by atoms with Crippen LogP contribution in [0.1, 0.15) is 40.5 Å². The summed E-state index contributed by atoms with van der Waals surface area (Å²) in [5, 5.41) is 0. The van der Waals surface area contributed by atoms with Gasteiger partial charge in [0.05, 0.1) is 11.1 Å². The number of carbonyl (C=O) groups is 3. The summed E-state index contributed by atoms with van der Waals surface area (Å²) < 4.78 is 10.8. The van der Waals surface area contributed by atoms with Crippen molar-refractivity contribution in [2.75, 3.05) is 13.2 Å². The zero-order valence-corrected chi connectivity index (χ0v) is 15.1. The van der Waals surface area contributed by atoms with Gasteiger partial charge in [-0.25, -0.2) is 0 Å². The first-order valence-corrected chi connectivity index (χ1v) is 8.89. The lowest BCUT2D eigenvalue weighted by Gasteiger charge is -2.16. The molecule has 27 heavy (non-hydrogen) atoms. The van der Waals surface area contributed by atoms with Crippen molar-refractivity contribution >= 4 is 17.8 Å². The number of nitrogens with zero attached hydrogens (tertiary/aromatic N) is 1. The van der Waals surface area contributed by atoms with Gasteiger partial charge in [-0.05, 0) is 37.6 Å². The van der Waals surface area contributed by atoms with E-state index in [1.165, 1.54) is 4.90 Å². The maximum absolute atomic E-state index is 12.3. The molecule has 0 saturated carbocycles. The number of ether oxygens (including phenoxy) is 2. The molecule has 2 aromatic carbocycles. The number of para-hydroxylation sites is 1. The quantitative estimate of drug-likeness (QED) is 0.530. The summed E-state index contributed by atoms with van der Waals surface area (Å²) in [5.41, 5.74) is 0.827. The van der Waals surface area contributed by atoms with Crippen LogP contribution in [0.15, 0.2) is 54.6 Å². The van der Waals surface area contributed by atoms with Crippen molar-refractivity contribution in [3.8, 4) is 5.75 Å². The third-order valence-corrected chi connectivity index (χ3v) is 4.20. The van der Waals surface area contributed by atoms with E-state index in [-0.39, 0.29) is 37.4 Å². The molecule has 0 bridgehead atoms. The first-order chi connectivity index (χ1) is 13.1. The van der Waals surface area contributed by atoms with Gasteiger partial charge in [-0.3, -0.25) is 19.3 Å². The van der Waals surface area contributed by atoms with Gasteiger partial charge in [0, 0.05) is 13.0 Å². The molecule has 1 atom stereocenters. The molecular weight excluding hydrogens is 346 g/mol. The first kappa shape index (κ1) is 18.6. The zero-order valence-electron chi connectivity index (χ0n) is 15.1. The highest BCUT2D eigenvalue weighted by Gasteiger charge is 2.34. The molecule has 1 unspecified atom stereocenters. The van der Waals surface area contributed by atoms with Crippen LogP contribution in [0.25, 0.3) is 0 Å². The predicted octanol–water partition coefficient (Wildman–Crippen LogP) is 3.07. The van der Waals surface area contributed by atoms with Crippen LogP contribution < -0.4 is 4.74 Å². The van der Waals surface area contributed by atoms with Crippen LogP contribution in [0.4, 0.5) is 0 Å². The van der Waals surface area contributed by atoms with Crippen LogP contribution in [-0.2, 0) is 9.53 Å². The van der Waals surface area contributed by atoms with Crippen LogP contribution in [-0.4, -0.2) is 41.9 Å². The minimum atomic E-state index is -0.392. The maximum atomic E-state index is 12.3. The monoisotopic (exact) mass is 367 g/mol. The topological polar surface area (TPSA) is 72.9 Å². The fourth-order valence-corrected chi connectivity index (χ4v) is 2.87. The highest BCUT2D eigenvalue weighted by Crippen LogP contribution is 2.22. The van der Waals surface area contributed by atoms with E-state index in [2.05, 4.69) is 0 Å². The normalized spacial score (nSPS) is 14.0. The Morgan fingerprint density at radius 2 is 1.56 bits per heavy atom. The average molecular weight is 367 g/mol. The molecular formula is C21H21NO5. The standard InChI is InChI=1S/C21H21NO5/c1-15(14-26-16-8-3-2-4-9-16)27-19(23)12-7-13-22-20(24)17-10-5-6-11-18(17)21(22)25/h2-6,8-11,15H,7,12-14H2,1H3. The number of amides is 2. The number of rotatable bonds is 8. The highest BCUT2D eigenvalue weighted by atomic mass is 16.6. The Kier molecular flexibility index (Phi) is 5.86. The van der Waals surface area contributed by atoms with Gasteiger partial charge in [-0.1, -0.05) is 30.3 Å². The van der Waals surface area contributed by atoms with E-state index < -0.39 is 6.10 Å². The SMILES string of the molecule is CC(COc1ccccc1)OC(=O)CCCN1C(=O)c2ccccc2C1=O. The van der Waals surface area contributed by atoms with Crippen molar-refractivity contribution in [1.82, 2.24) is 4.90 Å². The van der Waals surface area contributed by atoms with Gasteiger partial charge < -0.3 is 9.47 Å². The van der Waals surface area contributed by atoms with Crippen LogP contribution in [0.5, 0.6) is 5.75 Å². The number of esters is 1. The fourth-order valence-electron chi connectivity index (χ4n) is 2.87. The zero-order chi connectivity index (χ0) is 19.2. The molecule has 6 nitrogen and oxygen atoms in total. The second-order valence-corrected chi connectivity index (χ2v) is 6.34. The predicted molar refractivity (Wildman–Crippen MR) is 98.5 cm³/mol. The lowest BCUT2D eigenvalue weighted by Crippen LogP contribution is -2.31. The summed E-state index contributed by atoms with van der Waals surface area (Å²) in [6, 6.07) is 16.0. The van der Waals surface area contributed by atoms with Gasteiger partial charge in [0.25, 0.3) is 11.8 Å². The summed E-state index contributed by atoms with van der Waals surface area (Å²) in [7, 11) is 0. The van der Waals surface area contributed by atoms with Crippen molar-refractivity contribution in [3.05, 3.63) is 65.7 Å². The molecule has 0 aromatic heterocycles. The third-order valence-electron chi connectivity index (χ3n) is 4.20. The molecule has 6 heteroatoms. The molecule has 3 rings (SSSR count). The molecule has 0 aliphatic carbocycles. The van der Waals surface area contributed by atoms with E-state index in [0.29, 0.717) is 23.3 Å². The Morgan fingerprint density at radius 3 is 2.19 bits per heavy atom. The van der Waals surface area contributed by atoms with Gasteiger partial charge in [-0.15, -0.1) is 0 Å². The van der Waals surface area contributed by atoms with E-state index in [0.717, 1.165) is 0 Å². The Morgan fingerprint density at radius 1 is 0.963 bits per heavy atom. The molecule has 0 saturated heterocycles. The fraction of sp³-hybridized carbons (Fsp3) is 0.286. The summed E-state index contributed by atoms with van der Waals surface area (Å²) in [5.74, 6) is -0.288. The minimum absolute atomic E-state index is 0.128. The number of carbonyl (C=O) groups excluding carboxylic acids is 3. The number of hydrogen-bond donors (Lipinski definition) is 0. The van der Waals surface area contributed by atoms with Gasteiger partial charge in [0.1, 0.15) is 18.5 Å². The van der Waals surface area contributed by atoms with E-state index in [1.54, 1.807) is 31.2 Å². The van der Waals surface area contributed by atoms with Crippen molar-refractivity contribution < 1.29 is 23.9 Å². The Bertz CT molecular complexity index is 798. The molecule has 0 fully saturated rings. The largest absolute Gasteiger partial charge is 0.490 e. The second-order valence-electron chi connectivity index (χ2n) is 6.34. The van der Waals surface area contributed by atoms with Crippen LogP contribution in [0.3, 0.4) is 0 Å². The van der Waals surface area contributed by atoms with Gasteiger partial charge in [0.15, 0.2) is 0 Å². The van der Waals surface area contributed by atoms with Crippen LogP contribution in [0.2, 0.25) is 0 Å². The number of hydrogen-bond acceptors (Lipinski definition) is 5. The number of fused-ring (bicyclic) bond motifs is 1. The lowest BCUT2D eigenvalue weighted by molar-refractivity contribution is -0.149. The van der Waals surface area contributed by atoms with E-state index in [4.69, 9.17) is 9.47 Å². The third kappa shape index (κ3) is 4.53. The summed E-state index contributed by atoms with van der Waals surface area (Å²) >= 11 is 0. The summed E-state index contributed by atoms with van der Waals surface area (Å²) in [4.78, 5) is 37.6. The maximum Gasteiger partial charge on any atom is 0.306 e. The minimum Gasteiger partial charge on any atom is -0.490 e.